The van der Waals surface area contributed by atoms with Crippen LogP contribution in [0.2, 0.25) is 0 Å². The number of carboxylic acids is 3. The van der Waals surface area contributed by atoms with Gasteiger partial charge >= 0.3 is 18.1 Å². The molecule has 1 atom stereocenters. The van der Waals surface area contributed by atoms with E-state index in [9.17, 15) is 14.4 Å². The number of rotatable bonds is 2. The molecule has 10 nitrogen and oxygen atoms in total. The van der Waals surface area contributed by atoms with Crippen molar-refractivity contribution >= 4 is 29.8 Å². The fourth-order valence-corrected chi connectivity index (χ4v) is 0. The summed E-state index contributed by atoms with van der Waals surface area (Å²) >= 11 is 0. The van der Waals surface area contributed by atoms with E-state index in [1.54, 1.807) is 0 Å². The van der Waals surface area contributed by atoms with Gasteiger partial charge in [-0.1, -0.05) is 0 Å². The Kier molecular flexibility index (Phi) is 23.7. The van der Waals surface area contributed by atoms with Crippen LogP contribution in [0.3, 0.4) is 0 Å². The van der Waals surface area contributed by atoms with E-state index in [1.807, 2.05) is 0 Å². The average molecular weight is 282 g/mol. The fourth-order valence-electron chi connectivity index (χ4n) is 0. The lowest BCUT2D eigenvalue weighted by Gasteiger charge is -1.89. The van der Waals surface area contributed by atoms with Gasteiger partial charge in [0.1, 0.15) is 6.10 Å². The van der Waals surface area contributed by atoms with Crippen LogP contribution in [-0.4, -0.2) is 56.4 Å². The molecule has 0 aromatic heterocycles. The van der Waals surface area contributed by atoms with Gasteiger partial charge in [0, 0.05) is 13.8 Å². The number of hydrogen-bond acceptors (Lipinski definition) is 7. The van der Waals surface area contributed by atoms with E-state index in [0.717, 1.165) is 13.8 Å². The molecule has 0 radical (unpaired) electrons. The van der Waals surface area contributed by atoms with Crippen molar-refractivity contribution in [3.63, 3.8) is 0 Å². The van der Waals surface area contributed by atoms with E-state index in [4.69, 9.17) is 34.8 Å². The second kappa shape index (κ2) is 17.8. The number of carboxylic acid groups (broad SMARTS) is 3. The molecule has 0 bridgehead atoms. The number of carbonyl (C=O) groups excluding carboxylic acids is 3. The molecule has 10 heteroatoms. The zero-order valence-electron chi connectivity index (χ0n) is 10.3. The van der Waals surface area contributed by atoms with Gasteiger partial charge in [0.2, 0.25) is 5.78 Å². The number of Topliss-reactive ketones (excluding diaryl/α,β-unsaturated/α-hetero) is 1. The first-order chi connectivity index (χ1) is 8.43. The third-order valence-corrected chi connectivity index (χ3v) is 0.659. The van der Waals surface area contributed by atoms with Crippen molar-refractivity contribution in [2.75, 3.05) is 0 Å². The number of carbonyl (C=O) groups is 4. The predicted molar refractivity (Wildman–Crippen MR) is 56.0 cm³/mol. The van der Waals surface area contributed by atoms with Crippen LogP contribution < -0.4 is 0 Å². The van der Waals surface area contributed by atoms with Crippen LogP contribution in [0.4, 0.5) is 0 Å². The van der Waals surface area contributed by atoms with Gasteiger partial charge in [0.05, 0.1) is 0 Å². The Morgan fingerprint density at radius 3 is 1.05 bits per heavy atom. The third kappa shape index (κ3) is 94.5. The van der Waals surface area contributed by atoms with Crippen LogP contribution in [0.1, 0.15) is 20.8 Å². The molecule has 0 spiro atoms. The number of ketones is 1. The highest BCUT2D eigenvalue weighted by Crippen LogP contribution is 1.73. The second-order valence-corrected chi connectivity index (χ2v) is 2.48. The molecule has 0 rings (SSSR count). The Balaban J connectivity index is -0.0000000821. The maximum absolute atomic E-state index is 9.54. The molecule has 110 valence electrons. The van der Waals surface area contributed by atoms with Crippen LogP contribution in [0.25, 0.3) is 0 Å². The third-order valence-electron chi connectivity index (χ3n) is 0.659. The van der Waals surface area contributed by atoms with Crippen LogP contribution in [0.5, 0.6) is 0 Å². The molecule has 0 heterocycles. The monoisotopic (exact) mass is 282 g/mol. The molecule has 0 aliphatic rings. The van der Waals surface area contributed by atoms with Crippen LogP contribution >= 0.6 is 0 Å². The molecule has 0 aromatic rings. The van der Waals surface area contributed by atoms with Crippen molar-refractivity contribution in [2.45, 2.75) is 26.9 Å². The summed E-state index contributed by atoms with van der Waals surface area (Å²) in [5, 5.41) is 30.8. The van der Waals surface area contributed by atoms with Crippen molar-refractivity contribution in [2.24, 2.45) is 0 Å². The molecule has 19 heavy (non-hydrogen) atoms. The van der Waals surface area contributed by atoms with Crippen molar-refractivity contribution in [1.82, 2.24) is 0 Å². The summed E-state index contributed by atoms with van der Waals surface area (Å²) in [6, 6.07) is 0. The Labute approximate surface area is 107 Å². The maximum atomic E-state index is 9.54. The molecule has 4 N–H and O–H groups in total. The fraction of sp³-hybridized carbons (Fsp3) is 0.444. The van der Waals surface area contributed by atoms with Crippen molar-refractivity contribution < 1.29 is 49.2 Å². The van der Waals surface area contributed by atoms with Gasteiger partial charge in [-0.15, -0.1) is 0 Å². The summed E-state index contributed by atoms with van der Waals surface area (Å²) in [4.78, 5) is 53.6. The Bertz CT molecular complexity index is 308. The van der Waals surface area contributed by atoms with Crippen LogP contribution in [0.15, 0.2) is 0 Å². The van der Waals surface area contributed by atoms with Gasteiger partial charge in [-0.05, 0) is 6.92 Å². The first-order valence-corrected chi connectivity index (χ1v) is 4.27. The lowest BCUT2D eigenvalue weighted by Crippen LogP contribution is -2.13. The number of hydrogen-bond donors (Lipinski definition) is 4. The van der Waals surface area contributed by atoms with Crippen molar-refractivity contribution in [3.05, 3.63) is 0 Å². The maximum Gasteiger partial charge on any atom is 0.373 e. The first kappa shape index (κ1) is 25.3. The second-order valence-electron chi connectivity index (χ2n) is 2.48. The number of aliphatic hydroxyl groups excluding tert-OH is 1. The van der Waals surface area contributed by atoms with Crippen LogP contribution in [0, 0.1) is 0 Å². The van der Waals surface area contributed by atoms with Gasteiger partial charge in [-0.25, -0.2) is 9.59 Å². The topological polar surface area (TPSA) is 183 Å². The summed E-state index contributed by atoms with van der Waals surface area (Å²) in [6.07, 6.45) is -0.981. The highest BCUT2D eigenvalue weighted by atomic mass is 16.4. The van der Waals surface area contributed by atoms with Gasteiger partial charge in [-0.3, -0.25) is 9.59 Å². The molecule has 0 aliphatic heterocycles. The highest BCUT2D eigenvalue weighted by molar-refractivity contribution is 6.31. The summed E-state index contributed by atoms with van der Waals surface area (Å²) in [5.74, 6) is -4.22. The Morgan fingerprint density at radius 1 is 0.947 bits per heavy atom. The number of aliphatic carboxylic acids is 3. The standard InChI is InChI=1S/C3H6O3.C3H4O3.C2H4O2.CO2/c2*1-2(4)3(5)6;1-2(3)4;2-1-3/h2,4H,1H3,(H,5,6);1H3,(H,5,6);1H3,(H,3,4);. The quantitative estimate of drug-likeness (QED) is 0.440. The van der Waals surface area contributed by atoms with Gasteiger partial charge in [0.15, 0.2) is 0 Å². The van der Waals surface area contributed by atoms with E-state index < -0.39 is 29.8 Å². The van der Waals surface area contributed by atoms with E-state index in [2.05, 4.69) is 0 Å². The molecule has 0 saturated heterocycles. The van der Waals surface area contributed by atoms with Gasteiger partial charge in [-0.2, -0.15) is 9.59 Å². The molecule has 0 aromatic carbocycles. The summed E-state index contributed by atoms with van der Waals surface area (Å²) in [6.45, 7) is 3.28. The predicted octanol–water partition coefficient (Wildman–Crippen LogP) is -1.38. The van der Waals surface area contributed by atoms with Gasteiger partial charge in [0.25, 0.3) is 5.97 Å². The zero-order valence-corrected chi connectivity index (χ0v) is 10.3. The smallest absolute Gasteiger partial charge is 0.373 e. The first-order valence-electron chi connectivity index (χ1n) is 4.27. The number of aliphatic hydroxyl groups is 1. The van der Waals surface area contributed by atoms with E-state index in [1.165, 1.54) is 6.92 Å². The molecule has 0 saturated carbocycles. The van der Waals surface area contributed by atoms with Crippen molar-refractivity contribution in [3.8, 4) is 0 Å². The Morgan fingerprint density at radius 2 is 1.05 bits per heavy atom. The van der Waals surface area contributed by atoms with Crippen LogP contribution in [-0.2, 0) is 28.8 Å². The summed E-state index contributed by atoms with van der Waals surface area (Å²) < 4.78 is 0. The van der Waals surface area contributed by atoms with E-state index >= 15 is 0 Å². The molecule has 0 aliphatic carbocycles. The SMILES string of the molecule is CC(=O)C(=O)O.CC(=O)O.CC(O)C(=O)O.O=C=O. The average Bonchev–Trinajstić information content (AvgIpc) is 2.18. The molecule has 1 unspecified atom stereocenters. The molecule has 0 fully saturated rings. The molecular formula is C9H14O10. The molecule has 0 amide bonds. The highest BCUT2D eigenvalue weighted by Gasteiger charge is 2.01. The zero-order chi connectivity index (χ0) is 16.6. The summed E-state index contributed by atoms with van der Waals surface area (Å²) in [7, 11) is 0. The minimum absolute atomic E-state index is 0.250. The minimum Gasteiger partial charge on any atom is -0.481 e. The largest absolute Gasteiger partial charge is 0.481 e. The molecular weight excluding hydrogens is 268 g/mol. The minimum atomic E-state index is -1.38. The summed E-state index contributed by atoms with van der Waals surface area (Å²) in [5.41, 5.74) is 0. The Hall–Kier alpha value is -2.58. The van der Waals surface area contributed by atoms with Crippen molar-refractivity contribution in [1.29, 1.82) is 0 Å². The van der Waals surface area contributed by atoms with Gasteiger partial charge < -0.3 is 20.4 Å². The van der Waals surface area contributed by atoms with E-state index in [0.29, 0.717) is 0 Å². The normalized spacial score (nSPS) is 8.42. The lowest BCUT2D eigenvalue weighted by atomic mass is 10.4. The van der Waals surface area contributed by atoms with E-state index in [-0.39, 0.29) is 6.15 Å². The lowest BCUT2D eigenvalue weighted by molar-refractivity contribution is -0.191.